The Balaban J connectivity index is 3.24. The Morgan fingerprint density at radius 3 is 2.40 bits per heavy atom. The fraction of sp³-hybridized carbons (Fsp3) is 0.273. The third-order valence-electron chi connectivity index (χ3n) is 2.61. The van der Waals surface area contributed by atoms with Crippen LogP contribution in [0.1, 0.15) is 24.2 Å². The lowest BCUT2D eigenvalue weighted by Gasteiger charge is -2.22. The van der Waals surface area contributed by atoms with E-state index in [9.17, 15) is 24.1 Å². The molecule has 0 saturated heterocycles. The molecule has 1 aromatic rings. The summed E-state index contributed by atoms with van der Waals surface area (Å²) in [6.45, 7) is 2.66. The zero-order valence-corrected chi connectivity index (χ0v) is 10.8. The highest BCUT2D eigenvalue weighted by atomic mass is 19.1. The molecule has 0 aliphatic rings. The van der Waals surface area contributed by atoms with Crippen molar-refractivity contribution < 1.29 is 18.9 Å². The van der Waals surface area contributed by atoms with Crippen LogP contribution >= 0.6 is 0 Å². The Labute approximate surface area is 113 Å². The van der Waals surface area contributed by atoms with Crippen molar-refractivity contribution in [1.82, 2.24) is 5.32 Å². The lowest BCUT2D eigenvalue weighted by molar-refractivity contribution is -0.384. The van der Waals surface area contributed by atoms with Crippen LogP contribution in [0.4, 0.5) is 15.8 Å². The number of benzene rings is 1. The molecule has 0 heterocycles. The summed E-state index contributed by atoms with van der Waals surface area (Å²) in [6, 6.07) is 1.35. The number of primary amides is 1. The van der Waals surface area contributed by atoms with E-state index in [1.807, 2.05) is 0 Å². The van der Waals surface area contributed by atoms with E-state index in [1.54, 1.807) is 0 Å². The molecule has 108 valence electrons. The number of halogens is 1. The highest BCUT2D eigenvalue weighted by Gasteiger charge is 2.30. The number of nitrogens with zero attached hydrogens (tertiary/aromatic N) is 1. The maximum absolute atomic E-state index is 13.3. The highest BCUT2D eigenvalue weighted by molar-refractivity contribution is 6.03. The van der Waals surface area contributed by atoms with E-state index in [0.717, 1.165) is 6.07 Å². The van der Waals surface area contributed by atoms with Crippen molar-refractivity contribution in [2.45, 2.75) is 19.4 Å². The lowest BCUT2D eigenvalue weighted by atomic mass is 10.0. The first-order chi connectivity index (χ1) is 9.06. The molecule has 9 heteroatoms. The summed E-state index contributed by atoms with van der Waals surface area (Å²) in [6.07, 6.45) is 0. The van der Waals surface area contributed by atoms with Gasteiger partial charge in [0, 0.05) is 0 Å². The summed E-state index contributed by atoms with van der Waals surface area (Å²) < 4.78 is 13.3. The van der Waals surface area contributed by atoms with Gasteiger partial charge in [-0.15, -0.1) is 0 Å². The van der Waals surface area contributed by atoms with Crippen LogP contribution in [0.2, 0.25) is 0 Å². The van der Waals surface area contributed by atoms with Crippen LogP contribution in [0.15, 0.2) is 12.1 Å². The molecule has 0 bridgehead atoms. The van der Waals surface area contributed by atoms with E-state index in [4.69, 9.17) is 11.5 Å². The first-order valence-electron chi connectivity index (χ1n) is 5.42. The smallest absolute Gasteiger partial charge is 0.295 e. The van der Waals surface area contributed by atoms with E-state index in [-0.39, 0.29) is 0 Å². The van der Waals surface area contributed by atoms with Gasteiger partial charge >= 0.3 is 0 Å². The van der Waals surface area contributed by atoms with Gasteiger partial charge in [0.25, 0.3) is 11.6 Å². The number of carbonyl (C=O) groups excluding carboxylic acids is 2. The van der Waals surface area contributed by atoms with Crippen LogP contribution in [-0.4, -0.2) is 22.3 Å². The Morgan fingerprint density at radius 1 is 1.40 bits per heavy atom. The summed E-state index contributed by atoms with van der Waals surface area (Å²) in [5.74, 6) is -2.75. The molecule has 0 radical (unpaired) electrons. The third kappa shape index (κ3) is 2.99. The number of nitrogens with one attached hydrogen (secondary N) is 1. The molecule has 0 spiro atoms. The minimum atomic E-state index is -1.41. The second-order valence-corrected chi connectivity index (χ2v) is 4.59. The summed E-state index contributed by atoms with van der Waals surface area (Å²) in [5, 5.41) is 12.9. The molecule has 0 unspecified atom stereocenters. The second kappa shape index (κ2) is 5.11. The van der Waals surface area contributed by atoms with Gasteiger partial charge in [0.15, 0.2) is 0 Å². The Hall–Kier alpha value is -2.71. The van der Waals surface area contributed by atoms with Gasteiger partial charge in [-0.05, 0) is 19.9 Å². The molecule has 1 aromatic carbocycles. The SMILES string of the molecule is CC(C)(NC(=O)c1cc(F)cc([N+](=O)[O-])c1N)C(N)=O. The molecule has 0 aliphatic carbocycles. The van der Waals surface area contributed by atoms with E-state index >= 15 is 0 Å². The molecular weight excluding hydrogens is 271 g/mol. The average molecular weight is 284 g/mol. The molecule has 8 nitrogen and oxygen atoms in total. The van der Waals surface area contributed by atoms with Crippen molar-refractivity contribution in [2.75, 3.05) is 5.73 Å². The fourth-order valence-corrected chi connectivity index (χ4v) is 1.36. The van der Waals surface area contributed by atoms with Crippen LogP contribution < -0.4 is 16.8 Å². The van der Waals surface area contributed by atoms with Gasteiger partial charge in [-0.1, -0.05) is 0 Å². The average Bonchev–Trinajstić information content (AvgIpc) is 2.30. The fourth-order valence-electron chi connectivity index (χ4n) is 1.36. The van der Waals surface area contributed by atoms with Gasteiger partial charge in [-0.3, -0.25) is 19.7 Å². The molecule has 5 N–H and O–H groups in total. The van der Waals surface area contributed by atoms with Crippen molar-refractivity contribution in [3.05, 3.63) is 33.6 Å². The molecule has 1 rings (SSSR count). The van der Waals surface area contributed by atoms with Crippen molar-refractivity contribution >= 4 is 23.2 Å². The maximum Gasteiger partial charge on any atom is 0.295 e. The van der Waals surface area contributed by atoms with Gasteiger partial charge in [-0.25, -0.2) is 4.39 Å². The monoisotopic (exact) mass is 284 g/mol. The quantitative estimate of drug-likeness (QED) is 0.414. The van der Waals surface area contributed by atoms with E-state index < -0.39 is 45.0 Å². The summed E-state index contributed by atoms with van der Waals surface area (Å²) >= 11 is 0. The molecule has 2 amide bonds. The molecule has 0 fully saturated rings. The molecule has 0 saturated carbocycles. The van der Waals surface area contributed by atoms with Crippen LogP contribution in [0, 0.1) is 15.9 Å². The lowest BCUT2D eigenvalue weighted by Crippen LogP contribution is -2.53. The minimum Gasteiger partial charge on any atom is -0.393 e. The number of anilines is 1. The Morgan fingerprint density at radius 2 is 1.95 bits per heavy atom. The Bertz CT molecular complexity index is 600. The normalized spacial score (nSPS) is 10.9. The largest absolute Gasteiger partial charge is 0.393 e. The van der Waals surface area contributed by atoms with Crippen molar-refractivity contribution in [1.29, 1.82) is 0 Å². The van der Waals surface area contributed by atoms with Crippen LogP contribution in [0.25, 0.3) is 0 Å². The number of carbonyl (C=O) groups is 2. The number of nitro benzene ring substituents is 1. The molecule has 0 aromatic heterocycles. The van der Waals surface area contributed by atoms with Crippen LogP contribution in [0.5, 0.6) is 0 Å². The third-order valence-corrected chi connectivity index (χ3v) is 2.61. The zero-order valence-electron chi connectivity index (χ0n) is 10.8. The predicted octanol–water partition coefficient (Wildman–Crippen LogP) is 0.310. The topological polar surface area (TPSA) is 141 Å². The van der Waals surface area contributed by atoms with Crippen molar-refractivity contribution in [2.24, 2.45) is 5.73 Å². The van der Waals surface area contributed by atoms with Crippen molar-refractivity contribution in [3.63, 3.8) is 0 Å². The van der Waals surface area contributed by atoms with Gasteiger partial charge in [-0.2, -0.15) is 0 Å². The van der Waals surface area contributed by atoms with E-state index in [2.05, 4.69) is 5.32 Å². The Kier molecular flexibility index (Phi) is 3.92. The number of nitrogen functional groups attached to an aromatic ring is 1. The number of nitrogens with two attached hydrogens (primary N) is 2. The van der Waals surface area contributed by atoms with Gasteiger partial charge in [0.05, 0.1) is 16.6 Å². The van der Waals surface area contributed by atoms with E-state index in [1.165, 1.54) is 13.8 Å². The summed E-state index contributed by atoms with van der Waals surface area (Å²) in [5.41, 5.74) is 7.47. The molecule has 20 heavy (non-hydrogen) atoms. The second-order valence-electron chi connectivity index (χ2n) is 4.59. The number of nitro groups is 1. The molecule has 0 atom stereocenters. The predicted molar refractivity (Wildman–Crippen MR) is 68.2 cm³/mol. The number of amides is 2. The first-order valence-corrected chi connectivity index (χ1v) is 5.42. The molecular formula is C11H13FN4O4. The van der Waals surface area contributed by atoms with Gasteiger partial charge < -0.3 is 16.8 Å². The van der Waals surface area contributed by atoms with Gasteiger partial charge in [0.2, 0.25) is 5.91 Å². The van der Waals surface area contributed by atoms with Crippen LogP contribution in [0.3, 0.4) is 0 Å². The number of rotatable bonds is 4. The summed E-state index contributed by atoms with van der Waals surface area (Å²) in [4.78, 5) is 32.8. The van der Waals surface area contributed by atoms with Gasteiger partial charge in [0.1, 0.15) is 17.0 Å². The standard InChI is InChI=1S/C11H13FN4O4/c1-11(2,10(14)18)15-9(17)6-3-5(12)4-7(8(6)13)16(19)20/h3-4H,13H2,1-2H3,(H2,14,18)(H,15,17). The molecule has 0 aliphatic heterocycles. The van der Waals surface area contributed by atoms with Crippen LogP contribution in [-0.2, 0) is 4.79 Å². The van der Waals surface area contributed by atoms with E-state index in [0.29, 0.717) is 6.07 Å². The number of hydrogen-bond donors (Lipinski definition) is 3. The summed E-state index contributed by atoms with van der Waals surface area (Å²) in [7, 11) is 0. The number of hydrogen-bond acceptors (Lipinski definition) is 5. The minimum absolute atomic E-state index is 0.439. The maximum atomic E-state index is 13.3. The van der Waals surface area contributed by atoms with Crippen molar-refractivity contribution in [3.8, 4) is 0 Å². The zero-order chi connectivity index (χ0) is 15.7. The highest BCUT2D eigenvalue weighted by Crippen LogP contribution is 2.27. The first kappa shape index (κ1) is 15.3.